The number of rotatable bonds is 3. The Labute approximate surface area is 119 Å². The molecule has 0 spiro atoms. The molecule has 2 aromatic carbocycles. The molecular weight excluding hydrogens is 254 g/mol. The van der Waals surface area contributed by atoms with Crippen LogP contribution in [0.1, 0.15) is 29.9 Å². The van der Waals surface area contributed by atoms with Crippen LogP contribution >= 0.6 is 11.6 Å². The fourth-order valence-corrected chi connectivity index (χ4v) is 2.75. The Morgan fingerprint density at radius 2 is 1.58 bits per heavy atom. The first-order chi connectivity index (χ1) is 9.20. The second kappa shape index (κ2) is 5.26. The summed E-state index contributed by atoms with van der Waals surface area (Å²) < 4.78 is 0. The van der Waals surface area contributed by atoms with Crippen LogP contribution in [0.3, 0.4) is 0 Å². The van der Waals surface area contributed by atoms with Crippen LogP contribution in [-0.2, 0) is 0 Å². The van der Waals surface area contributed by atoms with Gasteiger partial charge in [0.1, 0.15) is 0 Å². The van der Waals surface area contributed by atoms with Crippen LogP contribution in [0.25, 0.3) is 0 Å². The van der Waals surface area contributed by atoms with E-state index in [1.165, 1.54) is 29.7 Å². The van der Waals surface area contributed by atoms with Gasteiger partial charge in [0.25, 0.3) is 0 Å². The maximum atomic E-state index is 5.91. The van der Waals surface area contributed by atoms with Gasteiger partial charge in [0.15, 0.2) is 0 Å². The van der Waals surface area contributed by atoms with E-state index >= 15 is 0 Å². The molecule has 0 aliphatic heterocycles. The van der Waals surface area contributed by atoms with E-state index in [1.54, 1.807) is 0 Å². The highest BCUT2D eigenvalue weighted by molar-refractivity contribution is 6.30. The van der Waals surface area contributed by atoms with Gasteiger partial charge in [-0.05, 0) is 55.5 Å². The van der Waals surface area contributed by atoms with Gasteiger partial charge in [-0.2, -0.15) is 0 Å². The molecule has 0 radical (unpaired) electrons. The Morgan fingerprint density at radius 3 is 2.21 bits per heavy atom. The monoisotopic (exact) mass is 271 g/mol. The molecule has 0 amide bonds. The lowest BCUT2D eigenvalue weighted by atomic mass is 9.76. The molecule has 0 atom stereocenters. The summed E-state index contributed by atoms with van der Waals surface area (Å²) in [4.78, 5) is 0. The first-order valence-electron chi connectivity index (χ1n) is 6.79. The quantitative estimate of drug-likeness (QED) is 0.828. The molecule has 1 aliphatic rings. The third-order valence-corrected chi connectivity index (χ3v) is 4.15. The van der Waals surface area contributed by atoms with Crippen LogP contribution in [-0.4, -0.2) is 6.04 Å². The van der Waals surface area contributed by atoms with E-state index < -0.39 is 0 Å². The summed E-state index contributed by atoms with van der Waals surface area (Å²) >= 11 is 5.91. The molecule has 0 saturated heterocycles. The third-order valence-electron chi connectivity index (χ3n) is 3.90. The predicted octanol–water partition coefficient (Wildman–Crippen LogP) is 5.01. The zero-order valence-corrected chi connectivity index (χ0v) is 11.8. The van der Waals surface area contributed by atoms with Crippen molar-refractivity contribution in [3.63, 3.8) is 0 Å². The second-order valence-electron chi connectivity index (χ2n) is 5.43. The Bertz CT molecular complexity index is 538. The number of hydrogen-bond acceptors (Lipinski definition) is 1. The fraction of sp³-hybridized carbons (Fsp3) is 0.294. The summed E-state index contributed by atoms with van der Waals surface area (Å²) in [5.74, 6) is 0.681. The summed E-state index contributed by atoms with van der Waals surface area (Å²) in [6.07, 6.45) is 2.41. The topological polar surface area (TPSA) is 12.0 Å². The largest absolute Gasteiger partial charge is 0.382 e. The van der Waals surface area contributed by atoms with Crippen molar-refractivity contribution in [2.75, 3.05) is 5.32 Å². The Kier molecular flexibility index (Phi) is 3.48. The Hall–Kier alpha value is -1.47. The highest BCUT2D eigenvalue weighted by Crippen LogP contribution is 2.38. The van der Waals surface area contributed by atoms with Gasteiger partial charge in [-0.25, -0.2) is 0 Å². The maximum absolute atomic E-state index is 5.91. The highest BCUT2D eigenvalue weighted by Gasteiger charge is 2.29. The average molecular weight is 272 g/mol. The Balaban J connectivity index is 1.55. The molecule has 98 valence electrons. The minimum Gasteiger partial charge on any atom is -0.382 e. The summed E-state index contributed by atoms with van der Waals surface area (Å²) in [5.41, 5.74) is 3.94. The first kappa shape index (κ1) is 12.6. The van der Waals surface area contributed by atoms with Crippen molar-refractivity contribution in [3.05, 3.63) is 64.7 Å². The van der Waals surface area contributed by atoms with Crippen LogP contribution in [0.15, 0.2) is 48.5 Å². The molecule has 0 heterocycles. The highest BCUT2D eigenvalue weighted by atomic mass is 35.5. The minimum absolute atomic E-state index is 0.600. The fourth-order valence-electron chi connectivity index (χ4n) is 2.63. The Morgan fingerprint density at radius 1 is 0.947 bits per heavy atom. The second-order valence-corrected chi connectivity index (χ2v) is 5.86. The SMILES string of the molecule is Cc1ccc(NC2CC(c3ccc(Cl)cc3)C2)cc1. The molecule has 1 N–H and O–H groups in total. The third kappa shape index (κ3) is 2.93. The van der Waals surface area contributed by atoms with Gasteiger partial charge in [-0.15, -0.1) is 0 Å². The molecule has 2 aromatic rings. The molecule has 1 aliphatic carbocycles. The van der Waals surface area contributed by atoms with E-state index in [0.717, 1.165) is 5.02 Å². The zero-order chi connectivity index (χ0) is 13.2. The van der Waals surface area contributed by atoms with Crippen molar-refractivity contribution in [2.45, 2.75) is 31.7 Å². The van der Waals surface area contributed by atoms with Crippen molar-refractivity contribution in [2.24, 2.45) is 0 Å². The van der Waals surface area contributed by atoms with Crippen molar-refractivity contribution in [1.29, 1.82) is 0 Å². The van der Waals surface area contributed by atoms with Gasteiger partial charge < -0.3 is 5.32 Å². The lowest BCUT2D eigenvalue weighted by Crippen LogP contribution is -2.33. The van der Waals surface area contributed by atoms with E-state index in [0.29, 0.717) is 12.0 Å². The average Bonchev–Trinajstić information content (AvgIpc) is 2.37. The maximum Gasteiger partial charge on any atom is 0.0406 e. The van der Waals surface area contributed by atoms with Gasteiger partial charge in [-0.1, -0.05) is 41.4 Å². The molecule has 3 rings (SSSR count). The normalized spacial score (nSPS) is 21.8. The number of hydrogen-bond donors (Lipinski definition) is 1. The summed E-state index contributed by atoms with van der Waals surface area (Å²) in [6.45, 7) is 2.11. The van der Waals surface area contributed by atoms with Gasteiger partial charge in [0.05, 0.1) is 0 Å². The van der Waals surface area contributed by atoms with Gasteiger partial charge in [-0.3, -0.25) is 0 Å². The van der Waals surface area contributed by atoms with Crippen LogP contribution in [0.2, 0.25) is 5.02 Å². The van der Waals surface area contributed by atoms with Gasteiger partial charge >= 0.3 is 0 Å². The van der Waals surface area contributed by atoms with Crippen molar-refractivity contribution < 1.29 is 0 Å². The molecule has 0 aromatic heterocycles. The van der Waals surface area contributed by atoms with Gasteiger partial charge in [0, 0.05) is 16.8 Å². The molecule has 0 bridgehead atoms. The van der Waals surface area contributed by atoms with Crippen LogP contribution in [0.5, 0.6) is 0 Å². The van der Waals surface area contributed by atoms with Crippen molar-refractivity contribution in [3.8, 4) is 0 Å². The number of aryl methyl sites for hydroxylation is 1. The van der Waals surface area contributed by atoms with Crippen LogP contribution in [0, 0.1) is 6.92 Å². The van der Waals surface area contributed by atoms with Crippen LogP contribution in [0.4, 0.5) is 5.69 Å². The van der Waals surface area contributed by atoms with Crippen LogP contribution < -0.4 is 5.32 Å². The number of anilines is 1. The van der Waals surface area contributed by atoms with E-state index in [-0.39, 0.29) is 0 Å². The predicted molar refractivity (Wildman–Crippen MR) is 82.0 cm³/mol. The molecule has 19 heavy (non-hydrogen) atoms. The van der Waals surface area contributed by atoms with E-state index in [4.69, 9.17) is 11.6 Å². The van der Waals surface area contributed by atoms with Crippen molar-refractivity contribution in [1.82, 2.24) is 0 Å². The summed E-state index contributed by atoms with van der Waals surface area (Å²) in [7, 11) is 0. The number of halogens is 1. The van der Waals surface area contributed by atoms with E-state index in [1.807, 2.05) is 12.1 Å². The standard InChI is InChI=1S/C17H18ClN/c1-12-2-8-16(9-3-12)19-17-10-14(11-17)13-4-6-15(18)7-5-13/h2-9,14,17,19H,10-11H2,1H3. The van der Waals surface area contributed by atoms with Crippen molar-refractivity contribution >= 4 is 17.3 Å². The molecule has 1 fully saturated rings. The van der Waals surface area contributed by atoms with E-state index in [9.17, 15) is 0 Å². The number of benzene rings is 2. The van der Waals surface area contributed by atoms with Gasteiger partial charge in [0.2, 0.25) is 0 Å². The molecular formula is C17H18ClN. The molecule has 0 unspecified atom stereocenters. The lowest BCUT2D eigenvalue weighted by molar-refractivity contribution is 0.374. The molecule has 2 heteroatoms. The summed E-state index contributed by atoms with van der Waals surface area (Å²) in [5, 5.41) is 4.41. The molecule has 1 saturated carbocycles. The summed E-state index contributed by atoms with van der Waals surface area (Å²) in [6, 6.07) is 17.5. The van der Waals surface area contributed by atoms with E-state index in [2.05, 4.69) is 48.6 Å². The number of nitrogens with one attached hydrogen (secondary N) is 1. The first-order valence-corrected chi connectivity index (χ1v) is 7.17. The lowest BCUT2D eigenvalue weighted by Gasteiger charge is -2.37. The minimum atomic E-state index is 0.600. The zero-order valence-electron chi connectivity index (χ0n) is 11.1. The smallest absolute Gasteiger partial charge is 0.0406 e. The molecule has 1 nitrogen and oxygen atoms in total.